The van der Waals surface area contributed by atoms with Gasteiger partial charge in [0.05, 0.1) is 19.1 Å². The number of ether oxygens (including phenoxy) is 1. The molecule has 1 rings (SSSR count). The van der Waals surface area contributed by atoms with Gasteiger partial charge in [-0.3, -0.25) is 4.79 Å². The predicted octanol–water partition coefficient (Wildman–Crippen LogP) is 1.91. The standard InChI is InChI=1S/C15H23NO3/c1-3-16-15(18)10-11-19-14-8-6-13(7-9-14)5-4-12(2)17/h6-9,12,17H,3-5,10-11H2,1-2H3,(H,16,18). The summed E-state index contributed by atoms with van der Waals surface area (Å²) >= 11 is 0. The summed E-state index contributed by atoms with van der Waals surface area (Å²) in [5.74, 6) is 0.779. The van der Waals surface area contributed by atoms with Crippen molar-refractivity contribution in [1.82, 2.24) is 5.32 Å². The van der Waals surface area contributed by atoms with Crippen LogP contribution >= 0.6 is 0 Å². The van der Waals surface area contributed by atoms with Crippen LogP contribution in [-0.4, -0.2) is 30.3 Å². The topological polar surface area (TPSA) is 58.6 Å². The molecule has 19 heavy (non-hydrogen) atoms. The number of amides is 1. The molecule has 0 fully saturated rings. The molecule has 1 aromatic rings. The second-order valence-electron chi connectivity index (χ2n) is 4.58. The van der Waals surface area contributed by atoms with Gasteiger partial charge in [-0.2, -0.15) is 0 Å². The molecule has 1 aromatic carbocycles. The number of hydrogen-bond donors (Lipinski definition) is 2. The number of nitrogens with one attached hydrogen (secondary N) is 1. The molecule has 0 saturated heterocycles. The number of carbonyl (C=O) groups is 1. The lowest BCUT2D eigenvalue weighted by molar-refractivity contribution is -0.121. The van der Waals surface area contributed by atoms with Gasteiger partial charge >= 0.3 is 0 Å². The van der Waals surface area contributed by atoms with E-state index in [0.717, 1.165) is 18.6 Å². The zero-order valence-corrected chi connectivity index (χ0v) is 11.7. The van der Waals surface area contributed by atoms with E-state index in [4.69, 9.17) is 4.74 Å². The van der Waals surface area contributed by atoms with Crippen molar-refractivity contribution in [3.8, 4) is 5.75 Å². The maximum atomic E-state index is 11.2. The number of aryl methyl sites for hydroxylation is 1. The highest BCUT2D eigenvalue weighted by atomic mass is 16.5. The second-order valence-corrected chi connectivity index (χ2v) is 4.58. The largest absolute Gasteiger partial charge is 0.493 e. The lowest BCUT2D eigenvalue weighted by Crippen LogP contribution is -2.24. The summed E-state index contributed by atoms with van der Waals surface area (Å²) < 4.78 is 5.49. The molecule has 0 radical (unpaired) electrons. The van der Waals surface area contributed by atoms with Crippen molar-refractivity contribution in [2.75, 3.05) is 13.2 Å². The van der Waals surface area contributed by atoms with Crippen molar-refractivity contribution in [2.45, 2.75) is 39.2 Å². The fourth-order valence-corrected chi connectivity index (χ4v) is 1.68. The average molecular weight is 265 g/mol. The summed E-state index contributed by atoms with van der Waals surface area (Å²) in [6, 6.07) is 7.78. The molecule has 0 aromatic heterocycles. The number of aliphatic hydroxyl groups is 1. The van der Waals surface area contributed by atoms with Gasteiger partial charge in [-0.05, 0) is 44.4 Å². The number of rotatable bonds is 8. The summed E-state index contributed by atoms with van der Waals surface area (Å²) in [5.41, 5.74) is 1.18. The third-order valence-corrected chi connectivity index (χ3v) is 2.75. The summed E-state index contributed by atoms with van der Waals surface area (Å²) in [5, 5.41) is 11.9. The summed E-state index contributed by atoms with van der Waals surface area (Å²) in [7, 11) is 0. The molecule has 1 atom stereocenters. The van der Waals surface area contributed by atoms with Crippen molar-refractivity contribution >= 4 is 5.91 Å². The number of benzene rings is 1. The molecule has 106 valence electrons. The Labute approximate surface area is 114 Å². The molecule has 0 spiro atoms. The van der Waals surface area contributed by atoms with Crippen LogP contribution in [0.15, 0.2) is 24.3 Å². The average Bonchev–Trinajstić information content (AvgIpc) is 2.38. The van der Waals surface area contributed by atoms with E-state index in [0.29, 0.717) is 19.6 Å². The van der Waals surface area contributed by atoms with Gasteiger partial charge in [-0.15, -0.1) is 0 Å². The Morgan fingerprint density at radius 2 is 2.05 bits per heavy atom. The number of aliphatic hydroxyl groups excluding tert-OH is 1. The zero-order chi connectivity index (χ0) is 14.1. The molecule has 1 unspecified atom stereocenters. The van der Waals surface area contributed by atoms with Gasteiger partial charge in [-0.1, -0.05) is 12.1 Å². The third kappa shape index (κ3) is 6.82. The van der Waals surface area contributed by atoms with Gasteiger partial charge in [0.1, 0.15) is 5.75 Å². The van der Waals surface area contributed by atoms with Crippen molar-refractivity contribution < 1.29 is 14.6 Å². The molecule has 1 amide bonds. The molecule has 4 nitrogen and oxygen atoms in total. The Morgan fingerprint density at radius 3 is 2.63 bits per heavy atom. The van der Waals surface area contributed by atoms with Crippen molar-refractivity contribution in [1.29, 1.82) is 0 Å². The van der Waals surface area contributed by atoms with E-state index in [2.05, 4.69) is 5.32 Å². The highest BCUT2D eigenvalue weighted by Gasteiger charge is 2.01. The predicted molar refractivity (Wildman–Crippen MR) is 75.2 cm³/mol. The van der Waals surface area contributed by atoms with Crippen molar-refractivity contribution in [3.63, 3.8) is 0 Å². The molecule has 0 saturated carbocycles. The SMILES string of the molecule is CCNC(=O)CCOc1ccc(CCC(C)O)cc1. The van der Waals surface area contributed by atoms with Crippen LogP contribution in [0.5, 0.6) is 5.75 Å². The normalized spacial score (nSPS) is 11.9. The maximum Gasteiger partial charge on any atom is 0.223 e. The van der Waals surface area contributed by atoms with Crippen LogP contribution in [0.2, 0.25) is 0 Å². The van der Waals surface area contributed by atoms with E-state index < -0.39 is 0 Å². The minimum atomic E-state index is -0.270. The van der Waals surface area contributed by atoms with E-state index in [1.54, 1.807) is 6.92 Å². The van der Waals surface area contributed by atoms with E-state index >= 15 is 0 Å². The molecular formula is C15H23NO3. The van der Waals surface area contributed by atoms with Crippen LogP contribution < -0.4 is 10.1 Å². The fraction of sp³-hybridized carbons (Fsp3) is 0.533. The van der Waals surface area contributed by atoms with Crippen LogP contribution in [0.3, 0.4) is 0 Å². The van der Waals surface area contributed by atoms with Crippen LogP contribution in [0, 0.1) is 0 Å². The smallest absolute Gasteiger partial charge is 0.223 e. The molecule has 0 aliphatic heterocycles. The zero-order valence-electron chi connectivity index (χ0n) is 11.7. The molecule has 0 heterocycles. The number of carbonyl (C=O) groups excluding carboxylic acids is 1. The van der Waals surface area contributed by atoms with Gasteiger partial charge < -0.3 is 15.2 Å². The molecular weight excluding hydrogens is 242 g/mol. The van der Waals surface area contributed by atoms with Crippen LogP contribution in [-0.2, 0) is 11.2 Å². The third-order valence-electron chi connectivity index (χ3n) is 2.75. The molecule has 2 N–H and O–H groups in total. The summed E-state index contributed by atoms with van der Waals surface area (Å²) in [6.45, 7) is 4.72. The Morgan fingerprint density at radius 1 is 1.37 bits per heavy atom. The molecule has 0 aliphatic rings. The van der Waals surface area contributed by atoms with E-state index in [1.807, 2.05) is 31.2 Å². The second kappa shape index (κ2) is 8.53. The Hall–Kier alpha value is -1.55. The molecule has 0 bridgehead atoms. The van der Waals surface area contributed by atoms with Gasteiger partial charge in [0.2, 0.25) is 5.91 Å². The Balaban J connectivity index is 2.30. The van der Waals surface area contributed by atoms with Crippen molar-refractivity contribution in [3.05, 3.63) is 29.8 Å². The van der Waals surface area contributed by atoms with Gasteiger partial charge in [-0.25, -0.2) is 0 Å². The van der Waals surface area contributed by atoms with E-state index in [9.17, 15) is 9.90 Å². The maximum absolute atomic E-state index is 11.2. The summed E-state index contributed by atoms with van der Waals surface area (Å²) in [4.78, 5) is 11.2. The Bertz CT molecular complexity index is 373. The van der Waals surface area contributed by atoms with Crippen LogP contribution in [0.25, 0.3) is 0 Å². The first-order valence-electron chi connectivity index (χ1n) is 6.78. The lowest BCUT2D eigenvalue weighted by atomic mass is 10.1. The minimum absolute atomic E-state index is 0.0102. The quantitative estimate of drug-likeness (QED) is 0.755. The summed E-state index contributed by atoms with van der Waals surface area (Å²) in [6.07, 6.45) is 1.72. The van der Waals surface area contributed by atoms with Gasteiger partial charge in [0.25, 0.3) is 0 Å². The minimum Gasteiger partial charge on any atom is -0.493 e. The van der Waals surface area contributed by atoms with Crippen LogP contribution in [0.1, 0.15) is 32.3 Å². The first-order valence-corrected chi connectivity index (χ1v) is 6.78. The Kier molecular flexibility index (Phi) is 6.97. The first-order chi connectivity index (χ1) is 9.11. The monoisotopic (exact) mass is 265 g/mol. The number of hydrogen-bond acceptors (Lipinski definition) is 3. The fourth-order valence-electron chi connectivity index (χ4n) is 1.68. The van der Waals surface area contributed by atoms with Gasteiger partial charge in [0.15, 0.2) is 0 Å². The van der Waals surface area contributed by atoms with E-state index in [-0.39, 0.29) is 12.0 Å². The lowest BCUT2D eigenvalue weighted by Gasteiger charge is -2.08. The van der Waals surface area contributed by atoms with E-state index in [1.165, 1.54) is 5.56 Å². The van der Waals surface area contributed by atoms with Crippen molar-refractivity contribution in [2.24, 2.45) is 0 Å². The van der Waals surface area contributed by atoms with Crippen LogP contribution in [0.4, 0.5) is 0 Å². The molecule has 4 heteroatoms. The first kappa shape index (κ1) is 15.5. The van der Waals surface area contributed by atoms with Gasteiger partial charge in [0, 0.05) is 6.54 Å². The molecule has 0 aliphatic carbocycles. The highest BCUT2D eigenvalue weighted by Crippen LogP contribution is 2.14. The highest BCUT2D eigenvalue weighted by molar-refractivity contribution is 5.75.